The van der Waals surface area contributed by atoms with E-state index in [1.807, 2.05) is 36.6 Å². The van der Waals surface area contributed by atoms with E-state index in [0.29, 0.717) is 17.5 Å². The smallest absolute Gasteiger partial charge is 0.219 e. The van der Waals surface area contributed by atoms with Crippen LogP contribution >= 0.6 is 0 Å². The molecule has 31 heavy (non-hydrogen) atoms. The molecule has 0 N–H and O–H groups in total. The van der Waals surface area contributed by atoms with Gasteiger partial charge in [0.2, 0.25) is 5.88 Å². The van der Waals surface area contributed by atoms with Crippen molar-refractivity contribution in [2.75, 3.05) is 31.2 Å². The average Bonchev–Trinajstić information content (AvgIpc) is 3.46. The minimum Gasteiger partial charge on any atom is -0.474 e. The molecule has 2 fully saturated rings. The fourth-order valence-corrected chi connectivity index (χ4v) is 3.97. The van der Waals surface area contributed by atoms with Crippen molar-refractivity contribution in [2.24, 2.45) is 0 Å². The van der Waals surface area contributed by atoms with Gasteiger partial charge in [0.15, 0.2) is 17.3 Å². The number of ether oxygens (including phenoxy) is 2. The van der Waals surface area contributed by atoms with E-state index >= 15 is 0 Å². The Hall–Kier alpha value is -3.07. The van der Waals surface area contributed by atoms with Gasteiger partial charge in [-0.25, -0.2) is 14.5 Å². The molecule has 0 aromatic carbocycles. The fourth-order valence-electron chi connectivity index (χ4n) is 3.97. The number of anilines is 1. The predicted molar refractivity (Wildman–Crippen MR) is 117 cm³/mol. The second kappa shape index (κ2) is 8.58. The molecule has 2 saturated heterocycles. The van der Waals surface area contributed by atoms with Gasteiger partial charge in [0.05, 0.1) is 24.6 Å². The van der Waals surface area contributed by atoms with Crippen molar-refractivity contribution in [3.05, 3.63) is 35.3 Å². The lowest BCUT2D eigenvalue weighted by molar-refractivity contribution is 0.0237. The largest absolute Gasteiger partial charge is 0.474 e. The molecule has 0 amide bonds. The summed E-state index contributed by atoms with van der Waals surface area (Å²) < 4.78 is 13.4. The van der Waals surface area contributed by atoms with Crippen LogP contribution in [0.1, 0.15) is 48.7 Å². The summed E-state index contributed by atoms with van der Waals surface area (Å²) in [4.78, 5) is 20.6. The molecule has 0 spiro atoms. The summed E-state index contributed by atoms with van der Waals surface area (Å²) >= 11 is 0. The zero-order valence-corrected chi connectivity index (χ0v) is 18.0. The monoisotopic (exact) mass is 421 g/mol. The highest BCUT2D eigenvalue weighted by molar-refractivity contribution is 5.65. The first-order chi connectivity index (χ1) is 15.2. The van der Waals surface area contributed by atoms with Gasteiger partial charge in [-0.05, 0) is 38.8 Å². The predicted octanol–water partition coefficient (Wildman–Crippen LogP) is 2.86. The summed E-state index contributed by atoms with van der Waals surface area (Å²) in [6.07, 6.45) is 9.75. The third-order valence-electron chi connectivity index (χ3n) is 5.70. The van der Waals surface area contributed by atoms with Crippen LogP contribution in [0, 0.1) is 13.8 Å². The van der Waals surface area contributed by atoms with E-state index in [1.165, 1.54) is 12.8 Å². The van der Waals surface area contributed by atoms with E-state index < -0.39 is 0 Å². The van der Waals surface area contributed by atoms with Gasteiger partial charge in [-0.3, -0.25) is 4.98 Å². The van der Waals surface area contributed by atoms with Crippen LogP contribution in [0.15, 0.2) is 12.3 Å². The Balaban J connectivity index is 1.44. The van der Waals surface area contributed by atoms with Crippen LogP contribution < -0.4 is 9.64 Å². The molecule has 0 unspecified atom stereocenters. The van der Waals surface area contributed by atoms with Crippen molar-refractivity contribution in [1.29, 1.82) is 0 Å². The highest BCUT2D eigenvalue weighted by atomic mass is 16.5. The van der Waals surface area contributed by atoms with Crippen LogP contribution in [-0.2, 0) is 4.74 Å². The van der Waals surface area contributed by atoms with Crippen LogP contribution in [0.4, 0.5) is 5.82 Å². The van der Waals surface area contributed by atoms with Crippen molar-refractivity contribution >= 4 is 23.6 Å². The van der Waals surface area contributed by atoms with Gasteiger partial charge in [0.25, 0.3) is 0 Å². The van der Waals surface area contributed by atoms with Gasteiger partial charge in [-0.1, -0.05) is 0 Å². The van der Waals surface area contributed by atoms with Crippen molar-refractivity contribution in [1.82, 2.24) is 29.5 Å². The molecule has 0 saturated carbocycles. The Morgan fingerprint density at radius 1 is 1.03 bits per heavy atom. The molecule has 2 aliphatic rings. The SMILES string of the molecule is Cc1ncc(C)n2nc(/C=C/c3nc(OC4CCOCC4)cc(N4CCCC4)n3)nc12. The zero-order valence-electron chi connectivity index (χ0n) is 18.0. The normalized spacial score (nSPS) is 17.8. The first-order valence-electron chi connectivity index (χ1n) is 10.9. The molecule has 0 bridgehead atoms. The Morgan fingerprint density at radius 3 is 2.58 bits per heavy atom. The summed E-state index contributed by atoms with van der Waals surface area (Å²) in [7, 11) is 0. The maximum Gasteiger partial charge on any atom is 0.219 e. The zero-order chi connectivity index (χ0) is 21.2. The van der Waals surface area contributed by atoms with E-state index in [2.05, 4.69) is 25.0 Å². The van der Waals surface area contributed by atoms with E-state index in [1.54, 1.807) is 6.20 Å². The van der Waals surface area contributed by atoms with Crippen LogP contribution in [0.25, 0.3) is 17.8 Å². The first kappa shape index (κ1) is 19.9. The topological polar surface area (TPSA) is 90.6 Å². The molecule has 0 aliphatic carbocycles. The van der Waals surface area contributed by atoms with Gasteiger partial charge in [-0.15, -0.1) is 5.10 Å². The molecule has 9 nitrogen and oxygen atoms in total. The van der Waals surface area contributed by atoms with Crippen LogP contribution in [0.2, 0.25) is 0 Å². The fraction of sp³-hybridized carbons (Fsp3) is 0.500. The summed E-state index contributed by atoms with van der Waals surface area (Å²) in [5.41, 5.74) is 2.54. The molecule has 162 valence electrons. The van der Waals surface area contributed by atoms with Crippen molar-refractivity contribution in [3.8, 4) is 5.88 Å². The lowest BCUT2D eigenvalue weighted by atomic mass is 10.1. The lowest BCUT2D eigenvalue weighted by Gasteiger charge is -2.24. The minimum atomic E-state index is 0.130. The minimum absolute atomic E-state index is 0.130. The van der Waals surface area contributed by atoms with E-state index in [0.717, 1.165) is 62.0 Å². The van der Waals surface area contributed by atoms with Gasteiger partial charge in [0, 0.05) is 38.2 Å². The molecule has 5 heterocycles. The molecule has 9 heteroatoms. The van der Waals surface area contributed by atoms with Crippen molar-refractivity contribution in [2.45, 2.75) is 45.6 Å². The molecule has 3 aromatic rings. The highest BCUT2D eigenvalue weighted by Gasteiger charge is 2.19. The van der Waals surface area contributed by atoms with Gasteiger partial charge >= 0.3 is 0 Å². The average molecular weight is 422 g/mol. The second-order valence-corrected chi connectivity index (χ2v) is 8.07. The van der Waals surface area contributed by atoms with Crippen LogP contribution in [-0.4, -0.2) is 62.0 Å². The second-order valence-electron chi connectivity index (χ2n) is 8.07. The number of fused-ring (bicyclic) bond motifs is 1. The van der Waals surface area contributed by atoms with Gasteiger partial charge < -0.3 is 14.4 Å². The molecule has 2 aliphatic heterocycles. The number of hydrogen-bond acceptors (Lipinski definition) is 8. The van der Waals surface area contributed by atoms with E-state index in [4.69, 9.17) is 14.5 Å². The molecule has 0 radical (unpaired) electrons. The summed E-state index contributed by atoms with van der Waals surface area (Å²) in [6, 6.07) is 1.96. The number of nitrogens with zero attached hydrogens (tertiary/aromatic N) is 7. The Bertz CT molecular complexity index is 1060. The van der Waals surface area contributed by atoms with Crippen LogP contribution in [0.3, 0.4) is 0 Å². The van der Waals surface area contributed by atoms with Gasteiger partial charge in [-0.2, -0.15) is 4.98 Å². The quantitative estimate of drug-likeness (QED) is 0.621. The maximum atomic E-state index is 6.19. The number of rotatable bonds is 5. The summed E-state index contributed by atoms with van der Waals surface area (Å²) in [5.74, 6) is 2.72. The van der Waals surface area contributed by atoms with E-state index in [9.17, 15) is 0 Å². The number of aromatic nitrogens is 6. The summed E-state index contributed by atoms with van der Waals surface area (Å²) in [6.45, 7) is 7.37. The van der Waals surface area contributed by atoms with Crippen LogP contribution in [0.5, 0.6) is 5.88 Å². The molecular formula is C22H27N7O2. The molecule has 3 aromatic heterocycles. The Morgan fingerprint density at radius 2 is 1.81 bits per heavy atom. The number of aryl methyl sites for hydroxylation is 2. The Kier molecular flexibility index (Phi) is 5.50. The van der Waals surface area contributed by atoms with Gasteiger partial charge in [0.1, 0.15) is 11.9 Å². The first-order valence-corrected chi connectivity index (χ1v) is 10.9. The number of hydrogen-bond donors (Lipinski definition) is 0. The third-order valence-corrected chi connectivity index (χ3v) is 5.70. The molecule has 0 atom stereocenters. The standard InChI is InChI=1S/C22H27N7O2/c1-15-14-23-16(2)22-26-19(27-29(15)22)6-5-18-24-20(28-9-3-4-10-28)13-21(25-18)31-17-7-11-30-12-8-17/h5-6,13-14,17H,3-4,7-12H2,1-2H3/b6-5+. The van der Waals surface area contributed by atoms with Crippen molar-refractivity contribution in [3.63, 3.8) is 0 Å². The maximum absolute atomic E-state index is 6.19. The van der Waals surface area contributed by atoms with E-state index in [-0.39, 0.29) is 6.10 Å². The summed E-state index contributed by atoms with van der Waals surface area (Å²) in [5, 5.41) is 4.57. The lowest BCUT2D eigenvalue weighted by Crippen LogP contribution is -2.26. The molecular weight excluding hydrogens is 394 g/mol. The highest BCUT2D eigenvalue weighted by Crippen LogP contribution is 2.24. The Labute approximate surface area is 181 Å². The van der Waals surface area contributed by atoms with Crippen molar-refractivity contribution < 1.29 is 9.47 Å². The third kappa shape index (κ3) is 4.36. The molecule has 5 rings (SSSR count).